The summed E-state index contributed by atoms with van der Waals surface area (Å²) in [5.41, 5.74) is 3.41. The highest BCUT2D eigenvalue weighted by atomic mass is 16.6. The largest absolute Gasteiger partial charge is 0.490 e. The average molecular weight is 639 g/mol. The van der Waals surface area contributed by atoms with E-state index in [1.807, 2.05) is 6.07 Å². The second kappa shape index (κ2) is 18.7. The Kier molecular flexibility index (Phi) is 15.1. The van der Waals surface area contributed by atoms with Gasteiger partial charge in [0.05, 0.1) is 24.2 Å². The van der Waals surface area contributed by atoms with Gasteiger partial charge in [0.1, 0.15) is 37.9 Å². The monoisotopic (exact) mass is 638 g/mol. The third kappa shape index (κ3) is 10.9. The fourth-order valence-corrected chi connectivity index (χ4v) is 5.86. The molecule has 2 aromatic carbocycles. The summed E-state index contributed by atoms with van der Waals surface area (Å²) >= 11 is 0. The Bertz CT molecular complexity index is 1260. The smallest absolute Gasteiger partial charge is 0.335 e. The van der Waals surface area contributed by atoms with Gasteiger partial charge in [-0.2, -0.15) is 0 Å². The van der Waals surface area contributed by atoms with Crippen molar-refractivity contribution in [3.8, 4) is 22.6 Å². The molecule has 0 spiro atoms. The number of esters is 2. The highest BCUT2D eigenvalue weighted by Crippen LogP contribution is 2.40. The number of carbonyl (C=O) groups is 2. The van der Waals surface area contributed by atoms with Crippen molar-refractivity contribution in [2.45, 2.75) is 91.4 Å². The van der Waals surface area contributed by atoms with E-state index >= 15 is 0 Å². The fourth-order valence-electron chi connectivity index (χ4n) is 5.86. The van der Waals surface area contributed by atoms with Crippen molar-refractivity contribution in [1.82, 2.24) is 0 Å². The number of ether oxygens (including phenoxy) is 4. The van der Waals surface area contributed by atoms with Crippen LogP contribution in [-0.2, 0) is 25.5 Å². The Hall–Kier alpha value is -3.36. The van der Waals surface area contributed by atoms with Gasteiger partial charge in [-0.1, -0.05) is 70.4 Å². The van der Waals surface area contributed by atoms with Gasteiger partial charge in [0.25, 0.3) is 0 Å². The Morgan fingerprint density at radius 3 is 2.20 bits per heavy atom. The van der Waals surface area contributed by atoms with Gasteiger partial charge in [0, 0.05) is 11.6 Å². The van der Waals surface area contributed by atoms with Gasteiger partial charge in [-0.25, -0.2) is 4.79 Å². The number of carbonyl (C=O) groups excluding carboxylic acids is 2. The van der Waals surface area contributed by atoms with Crippen LogP contribution in [0.5, 0.6) is 11.5 Å². The minimum Gasteiger partial charge on any atom is -0.490 e. The molecule has 8 nitrogen and oxygen atoms in total. The summed E-state index contributed by atoms with van der Waals surface area (Å²) in [7, 11) is 0. The lowest BCUT2D eigenvalue weighted by Gasteiger charge is -2.29. The molecule has 1 aliphatic carbocycles. The summed E-state index contributed by atoms with van der Waals surface area (Å²) in [5, 5.41) is 18.5. The van der Waals surface area contributed by atoms with Gasteiger partial charge in [0.2, 0.25) is 0 Å². The molecule has 0 unspecified atom stereocenters. The molecule has 2 N–H and O–H groups in total. The van der Waals surface area contributed by atoms with Crippen LogP contribution in [0, 0.1) is 11.3 Å². The van der Waals surface area contributed by atoms with Crippen molar-refractivity contribution in [3.63, 3.8) is 0 Å². The molecule has 46 heavy (non-hydrogen) atoms. The molecule has 0 radical (unpaired) electrons. The van der Waals surface area contributed by atoms with E-state index < -0.39 is 24.0 Å². The van der Waals surface area contributed by atoms with Gasteiger partial charge in [-0.3, -0.25) is 4.79 Å². The first-order chi connectivity index (χ1) is 22.1. The number of aliphatic hydroxyl groups is 2. The van der Waals surface area contributed by atoms with E-state index in [1.54, 1.807) is 19.9 Å². The van der Waals surface area contributed by atoms with Crippen molar-refractivity contribution in [2.75, 3.05) is 39.6 Å². The first-order valence-corrected chi connectivity index (χ1v) is 16.9. The van der Waals surface area contributed by atoms with Gasteiger partial charge >= 0.3 is 11.9 Å². The second-order valence-corrected chi connectivity index (χ2v) is 12.9. The highest BCUT2D eigenvalue weighted by Gasteiger charge is 2.28. The van der Waals surface area contributed by atoms with Crippen LogP contribution in [0.4, 0.5) is 0 Å². The summed E-state index contributed by atoms with van der Waals surface area (Å²) in [5.74, 6) is 1.47. The lowest BCUT2D eigenvalue weighted by atomic mass is 9.77. The second-order valence-electron chi connectivity index (χ2n) is 12.9. The zero-order valence-corrected chi connectivity index (χ0v) is 28.3. The molecule has 0 atom stereocenters. The molecule has 0 aliphatic heterocycles. The molecular formula is C38H54O8. The zero-order chi connectivity index (χ0) is 33.5. The topological polar surface area (TPSA) is 112 Å². The minimum atomic E-state index is -0.982. The van der Waals surface area contributed by atoms with Crippen LogP contribution < -0.4 is 9.47 Å². The predicted molar refractivity (Wildman–Crippen MR) is 180 cm³/mol. The van der Waals surface area contributed by atoms with Gasteiger partial charge in [-0.15, -0.1) is 0 Å². The van der Waals surface area contributed by atoms with Gasteiger partial charge in [-0.05, 0) is 80.5 Å². The minimum absolute atomic E-state index is 0.00638. The Morgan fingerprint density at radius 1 is 0.891 bits per heavy atom. The van der Waals surface area contributed by atoms with Crippen molar-refractivity contribution < 1.29 is 38.7 Å². The molecule has 8 heteroatoms. The number of hydrogen-bond acceptors (Lipinski definition) is 8. The van der Waals surface area contributed by atoms with Crippen molar-refractivity contribution in [1.29, 1.82) is 0 Å². The number of aliphatic hydroxyl groups excluding tert-OH is 2. The quantitative estimate of drug-likeness (QED) is 0.0946. The van der Waals surface area contributed by atoms with Crippen molar-refractivity contribution in [2.24, 2.45) is 11.3 Å². The lowest BCUT2D eigenvalue weighted by Crippen LogP contribution is -2.31. The number of rotatable bonds is 19. The van der Waals surface area contributed by atoms with Crippen LogP contribution in [-0.4, -0.2) is 61.8 Å². The standard InChI is InChI=1S/C38H54O8/c1-6-8-9-10-28-11-13-29(14-12-28)30-15-17-31(18-16-30)34-23-32(43-19-22-46-37(42)38(4,5)26-40)24-35(33(34)7-2)44-20-21-45-36(41)27(3)25-39/h15-18,23-24,28-29,39-40H,3,6-14,19-22,25-26H2,1-2,4-5H3. The molecule has 1 aliphatic rings. The summed E-state index contributed by atoms with van der Waals surface area (Å²) in [6, 6.07) is 12.6. The molecule has 254 valence electrons. The van der Waals surface area contributed by atoms with Gasteiger partial charge in [0.15, 0.2) is 0 Å². The van der Waals surface area contributed by atoms with Crippen molar-refractivity contribution in [3.05, 3.63) is 59.7 Å². The molecule has 0 aromatic heterocycles. The van der Waals surface area contributed by atoms with E-state index in [0.29, 0.717) is 23.8 Å². The molecule has 2 aromatic rings. The predicted octanol–water partition coefficient (Wildman–Crippen LogP) is 7.18. The van der Waals surface area contributed by atoms with Crippen LogP contribution in [0.25, 0.3) is 11.1 Å². The third-order valence-corrected chi connectivity index (χ3v) is 8.88. The molecular weight excluding hydrogens is 584 g/mol. The maximum Gasteiger partial charge on any atom is 0.335 e. The molecule has 1 fully saturated rings. The zero-order valence-electron chi connectivity index (χ0n) is 28.3. The van der Waals surface area contributed by atoms with E-state index in [0.717, 1.165) is 22.6 Å². The maximum atomic E-state index is 12.2. The summed E-state index contributed by atoms with van der Waals surface area (Å²) in [4.78, 5) is 24.1. The highest BCUT2D eigenvalue weighted by molar-refractivity contribution is 5.87. The molecule has 0 heterocycles. The molecule has 1 saturated carbocycles. The SMILES string of the molecule is C=C(CO)C(=O)OCCOc1cc(OCCOC(=O)C(C)(C)CO)cc(-c2ccc(C3CCC(CCCCC)CC3)cc2)c1CC. The number of benzene rings is 2. The molecule has 0 saturated heterocycles. The first kappa shape index (κ1) is 37.1. The van der Waals surface area contributed by atoms with Crippen LogP contribution in [0.2, 0.25) is 0 Å². The Morgan fingerprint density at radius 2 is 1.57 bits per heavy atom. The van der Waals surface area contributed by atoms with Crippen molar-refractivity contribution >= 4 is 11.9 Å². The van der Waals surface area contributed by atoms with Crippen LogP contribution in [0.3, 0.4) is 0 Å². The van der Waals surface area contributed by atoms with Gasteiger partial charge < -0.3 is 29.2 Å². The van der Waals surface area contributed by atoms with Crippen LogP contribution in [0.15, 0.2) is 48.6 Å². The lowest BCUT2D eigenvalue weighted by molar-refractivity contribution is -0.156. The Balaban J connectivity index is 1.75. The van der Waals surface area contributed by atoms with E-state index in [4.69, 9.17) is 24.1 Å². The van der Waals surface area contributed by atoms with E-state index in [-0.39, 0.29) is 38.6 Å². The molecule has 3 rings (SSSR count). The first-order valence-electron chi connectivity index (χ1n) is 16.9. The normalized spacial score (nSPS) is 16.5. The van der Waals surface area contributed by atoms with E-state index in [2.05, 4.69) is 44.7 Å². The maximum absolute atomic E-state index is 12.2. The molecule has 0 amide bonds. The average Bonchev–Trinajstić information content (AvgIpc) is 3.08. The molecule has 0 bridgehead atoms. The summed E-state index contributed by atoms with van der Waals surface area (Å²) in [6.45, 7) is 10.5. The number of unbranched alkanes of at least 4 members (excludes halogenated alkanes) is 2. The van der Waals surface area contributed by atoms with E-state index in [9.17, 15) is 14.7 Å². The third-order valence-electron chi connectivity index (χ3n) is 8.88. The summed E-state index contributed by atoms with van der Waals surface area (Å²) in [6.07, 6.45) is 11.1. The van der Waals surface area contributed by atoms with E-state index in [1.165, 1.54) is 56.9 Å². The number of hydrogen-bond donors (Lipinski definition) is 2. The van der Waals surface area contributed by atoms with Crippen LogP contribution >= 0.6 is 0 Å². The summed E-state index contributed by atoms with van der Waals surface area (Å²) < 4.78 is 22.6. The fraction of sp³-hybridized carbons (Fsp3) is 0.579. The Labute approximate surface area is 275 Å². The van der Waals surface area contributed by atoms with Crippen LogP contribution in [0.1, 0.15) is 96.1 Å².